The van der Waals surface area contributed by atoms with Crippen molar-refractivity contribution in [2.24, 2.45) is 5.92 Å². The van der Waals surface area contributed by atoms with Gasteiger partial charge in [0.15, 0.2) is 6.10 Å². The first-order valence-electron chi connectivity index (χ1n) is 11.1. The van der Waals surface area contributed by atoms with E-state index in [9.17, 15) is 9.59 Å². The molecule has 0 bridgehead atoms. The van der Waals surface area contributed by atoms with Gasteiger partial charge >= 0.3 is 5.97 Å². The second-order valence-corrected chi connectivity index (χ2v) is 9.23. The minimum atomic E-state index is -0.769. The van der Waals surface area contributed by atoms with Crippen LogP contribution in [-0.2, 0) is 9.53 Å². The first-order valence-corrected chi connectivity index (χ1v) is 12.0. The van der Waals surface area contributed by atoms with Crippen molar-refractivity contribution in [2.75, 3.05) is 5.32 Å². The predicted octanol–water partition coefficient (Wildman–Crippen LogP) is 6.04. The molecule has 2 aromatic heterocycles. The Morgan fingerprint density at radius 1 is 1.09 bits per heavy atom. The molecular formula is C26H23N3O4S. The second-order valence-electron chi connectivity index (χ2n) is 8.35. The molecule has 1 aliphatic carbocycles. The maximum atomic E-state index is 13.3. The number of anilines is 1. The number of benzene rings is 2. The first-order chi connectivity index (χ1) is 16.5. The van der Waals surface area contributed by atoms with E-state index in [2.05, 4.69) is 15.5 Å². The Kier molecular flexibility index (Phi) is 5.98. The maximum Gasteiger partial charge on any atom is 0.342 e. The normalized spacial score (nSPS) is 13.9. The van der Waals surface area contributed by atoms with Crippen molar-refractivity contribution in [3.05, 3.63) is 77.0 Å². The van der Waals surface area contributed by atoms with E-state index in [1.165, 1.54) is 11.3 Å². The highest BCUT2D eigenvalue weighted by molar-refractivity contribution is 7.15. The third kappa shape index (κ3) is 4.63. The minimum Gasteiger partial charge on any atom is -0.449 e. The lowest BCUT2D eigenvalue weighted by Crippen LogP contribution is -2.16. The number of thiophene rings is 1. The molecule has 0 radical (unpaired) electrons. The zero-order chi connectivity index (χ0) is 23.7. The van der Waals surface area contributed by atoms with Gasteiger partial charge in [0.25, 0.3) is 5.89 Å². The highest BCUT2D eigenvalue weighted by Crippen LogP contribution is 2.39. The number of esters is 1. The van der Waals surface area contributed by atoms with Gasteiger partial charge in [0.05, 0.1) is 0 Å². The van der Waals surface area contributed by atoms with Crippen LogP contribution in [0, 0.1) is 12.8 Å². The van der Waals surface area contributed by atoms with E-state index in [4.69, 9.17) is 9.15 Å². The predicted molar refractivity (Wildman–Crippen MR) is 129 cm³/mol. The lowest BCUT2D eigenvalue weighted by atomic mass is 10.0. The van der Waals surface area contributed by atoms with E-state index in [1.54, 1.807) is 6.92 Å². The maximum absolute atomic E-state index is 13.3. The van der Waals surface area contributed by atoms with Gasteiger partial charge in [-0.15, -0.1) is 21.5 Å². The summed E-state index contributed by atoms with van der Waals surface area (Å²) in [6, 6.07) is 17.3. The Bertz CT molecular complexity index is 1340. The molecule has 1 unspecified atom stereocenters. The van der Waals surface area contributed by atoms with Gasteiger partial charge in [-0.2, -0.15) is 0 Å². The SMILES string of the molecule is Cc1cccc(-c2nnc(C(C)OC(=O)c3c(-c4ccccc4)csc3NC(=O)C3CC3)o2)c1. The molecule has 2 heterocycles. The molecule has 0 saturated heterocycles. The number of nitrogens with one attached hydrogen (secondary N) is 1. The molecular weight excluding hydrogens is 450 g/mol. The molecule has 7 nitrogen and oxygen atoms in total. The van der Waals surface area contributed by atoms with Crippen LogP contribution in [0.5, 0.6) is 0 Å². The van der Waals surface area contributed by atoms with Crippen LogP contribution in [0.3, 0.4) is 0 Å². The highest BCUT2D eigenvalue weighted by atomic mass is 32.1. The Morgan fingerprint density at radius 3 is 2.59 bits per heavy atom. The van der Waals surface area contributed by atoms with Gasteiger partial charge in [0.2, 0.25) is 11.8 Å². The van der Waals surface area contributed by atoms with Crippen molar-refractivity contribution in [1.82, 2.24) is 10.2 Å². The average Bonchev–Trinajstić information content (AvgIpc) is 3.42. The lowest BCUT2D eigenvalue weighted by molar-refractivity contribution is -0.117. The second kappa shape index (κ2) is 9.23. The summed E-state index contributed by atoms with van der Waals surface area (Å²) < 4.78 is 11.5. The largest absolute Gasteiger partial charge is 0.449 e. The molecule has 1 N–H and O–H groups in total. The molecule has 1 aliphatic rings. The Labute approximate surface area is 200 Å². The zero-order valence-corrected chi connectivity index (χ0v) is 19.6. The van der Waals surface area contributed by atoms with Crippen LogP contribution >= 0.6 is 11.3 Å². The van der Waals surface area contributed by atoms with Crippen LogP contribution in [0.2, 0.25) is 0 Å². The lowest BCUT2D eigenvalue weighted by Gasteiger charge is -2.12. The smallest absolute Gasteiger partial charge is 0.342 e. The molecule has 1 amide bonds. The van der Waals surface area contributed by atoms with Crippen LogP contribution in [0.15, 0.2) is 64.4 Å². The van der Waals surface area contributed by atoms with Gasteiger partial charge in [-0.25, -0.2) is 4.79 Å². The fraction of sp³-hybridized carbons (Fsp3) is 0.231. The molecule has 4 aromatic rings. The number of hydrogen-bond donors (Lipinski definition) is 1. The fourth-order valence-corrected chi connectivity index (χ4v) is 4.57. The highest BCUT2D eigenvalue weighted by Gasteiger charge is 2.32. The monoisotopic (exact) mass is 473 g/mol. The van der Waals surface area contributed by atoms with Crippen molar-refractivity contribution >= 4 is 28.2 Å². The molecule has 0 aliphatic heterocycles. The first kappa shape index (κ1) is 22.0. The van der Waals surface area contributed by atoms with Gasteiger partial charge in [-0.05, 0) is 44.4 Å². The van der Waals surface area contributed by atoms with E-state index < -0.39 is 12.1 Å². The van der Waals surface area contributed by atoms with Crippen LogP contribution < -0.4 is 5.32 Å². The fourth-order valence-electron chi connectivity index (χ4n) is 3.61. The van der Waals surface area contributed by atoms with Crippen molar-refractivity contribution in [2.45, 2.75) is 32.8 Å². The van der Waals surface area contributed by atoms with Gasteiger partial charge in [0, 0.05) is 22.4 Å². The Hall–Kier alpha value is -3.78. The van der Waals surface area contributed by atoms with Crippen LogP contribution in [0.4, 0.5) is 5.00 Å². The van der Waals surface area contributed by atoms with Gasteiger partial charge in [-0.3, -0.25) is 4.79 Å². The van der Waals surface area contributed by atoms with Crippen LogP contribution in [0.25, 0.3) is 22.6 Å². The average molecular weight is 474 g/mol. The van der Waals surface area contributed by atoms with Crippen molar-refractivity contribution in [3.63, 3.8) is 0 Å². The molecule has 34 heavy (non-hydrogen) atoms. The molecule has 0 spiro atoms. The van der Waals surface area contributed by atoms with Crippen LogP contribution in [-0.4, -0.2) is 22.1 Å². The summed E-state index contributed by atoms with van der Waals surface area (Å²) in [6.45, 7) is 3.67. The third-order valence-corrected chi connectivity index (χ3v) is 6.50. The van der Waals surface area contributed by atoms with Gasteiger partial charge < -0.3 is 14.5 Å². The number of carbonyl (C=O) groups excluding carboxylic acids is 2. The van der Waals surface area contributed by atoms with E-state index in [0.29, 0.717) is 22.0 Å². The van der Waals surface area contributed by atoms with E-state index in [1.807, 2.05) is 66.9 Å². The molecule has 1 fully saturated rings. The number of nitrogens with zero attached hydrogens (tertiary/aromatic N) is 2. The molecule has 1 saturated carbocycles. The number of amides is 1. The topological polar surface area (TPSA) is 94.3 Å². The number of rotatable bonds is 7. The third-order valence-electron chi connectivity index (χ3n) is 5.60. The summed E-state index contributed by atoms with van der Waals surface area (Å²) in [5, 5.41) is 13.4. The van der Waals surface area contributed by atoms with Crippen molar-refractivity contribution in [1.29, 1.82) is 0 Å². The summed E-state index contributed by atoms with van der Waals surface area (Å²) in [6.07, 6.45) is 0.981. The summed E-state index contributed by atoms with van der Waals surface area (Å²) >= 11 is 1.31. The van der Waals surface area contributed by atoms with Gasteiger partial charge in [0.1, 0.15) is 10.6 Å². The standard InChI is InChI=1S/C26H23N3O4S/c1-15-7-6-10-19(13-15)24-29-28-23(33-24)16(2)32-26(31)21-20(17-8-4-3-5-9-17)14-34-25(21)27-22(30)18-11-12-18/h3-10,13-14,16,18H,11-12H2,1-2H3,(H,27,30). The zero-order valence-electron chi connectivity index (χ0n) is 18.8. The molecule has 1 atom stereocenters. The van der Waals surface area contributed by atoms with E-state index >= 15 is 0 Å². The number of aromatic nitrogens is 2. The molecule has 172 valence electrons. The van der Waals surface area contributed by atoms with E-state index in [-0.39, 0.29) is 17.7 Å². The minimum absolute atomic E-state index is 0.0171. The summed E-state index contributed by atoms with van der Waals surface area (Å²) in [7, 11) is 0. The van der Waals surface area contributed by atoms with Crippen molar-refractivity contribution < 1.29 is 18.7 Å². The number of carbonyl (C=O) groups is 2. The number of ether oxygens (including phenoxy) is 1. The molecule has 2 aromatic carbocycles. The summed E-state index contributed by atoms with van der Waals surface area (Å²) in [5.41, 5.74) is 3.77. The Morgan fingerprint density at radius 2 is 1.85 bits per heavy atom. The Balaban J connectivity index is 1.40. The quantitative estimate of drug-likeness (QED) is 0.329. The number of hydrogen-bond acceptors (Lipinski definition) is 7. The molecule has 8 heteroatoms. The summed E-state index contributed by atoms with van der Waals surface area (Å²) in [5.74, 6) is -0.0508. The van der Waals surface area contributed by atoms with E-state index in [0.717, 1.165) is 29.5 Å². The number of aryl methyl sites for hydroxylation is 1. The van der Waals surface area contributed by atoms with Crippen molar-refractivity contribution in [3.8, 4) is 22.6 Å². The van der Waals surface area contributed by atoms with Gasteiger partial charge in [-0.1, -0.05) is 48.0 Å². The summed E-state index contributed by atoms with van der Waals surface area (Å²) in [4.78, 5) is 25.7. The molecule has 5 rings (SSSR count). The van der Waals surface area contributed by atoms with Crippen LogP contribution in [0.1, 0.15) is 47.7 Å².